The summed E-state index contributed by atoms with van der Waals surface area (Å²) in [5.41, 5.74) is 4.89. The van der Waals surface area contributed by atoms with Crippen LogP contribution in [0.5, 0.6) is 11.5 Å². The number of nitrogens with zero attached hydrogens (tertiary/aromatic N) is 1. The first-order chi connectivity index (χ1) is 14.5. The average molecular weight is 404 g/mol. The van der Waals surface area contributed by atoms with Crippen LogP contribution < -0.4 is 9.47 Å². The summed E-state index contributed by atoms with van der Waals surface area (Å²) in [5, 5.41) is 0. The molecule has 30 heavy (non-hydrogen) atoms. The summed E-state index contributed by atoms with van der Waals surface area (Å²) in [4.78, 5) is 15.6. The van der Waals surface area contributed by atoms with Crippen molar-refractivity contribution in [3.05, 3.63) is 63.9 Å². The van der Waals surface area contributed by atoms with Crippen molar-refractivity contribution in [2.75, 3.05) is 6.73 Å². The van der Waals surface area contributed by atoms with Crippen molar-refractivity contribution < 1.29 is 14.3 Å². The van der Waals surface area contributed by atoms with Crippen molar-refractivity contribution in [3.8, 4) is 11.5 Å². The third-order valence-electron chi connectivity index (χ3n) is 6.69. The van der Waals surface area contributed by atoms with E-state index in [4.69, 9.17) is 9.47 Å². The van der Waals surface area contributed by atoms with Crippen LogP contribution in [0.4, 0.5) is 0 Å². The van der Waals surface area contributed by atoms with Crippen LogP contribution in [0, 0.1) is 6.92 Å². The van der Waals surface area contributed by atoms with Crippen molar-refractivity contribution in [1.29, 1.82) is 0 Å². The predicted molar refractivity (Wildman–Crippen MR) is 118 cm³/mol. The molecule has 0 bridgehead atoms. The highest BCUT2D eigenvalue weighted by Crippen LogP contribution is 2.45. The number of benzene rings is 2. The molecule has 5 rings (SSSR count). The molecule has 3 aliphatic rings. The highest BCUT2D eigenvalue weighted by atomic mass is 16.5. The van der Waals surface area contributed by atoms with Gasteiger partial charge in [-0.3, -0.25) is 9.69 Å². The minimum Gasteiger partial charge on any atom is -0.478 e. The predicted octanol–water partition coefficient (Wildman–Crippen LogP) is 5.83. The zero-order valence-electron chi connectivity index (χ0n) is 18.0. The Hall–Kier alpha value is -2.59. The summed E-state index contributed by atoms with van der Waals surface area (Å²) in [6, 6.07) is 10.9. The molecule has 1 aliphatic carbocycles. The smallest absolute Gasteiger partial charge is 0.232 e. The molecule has 1 saturated carbocycles. The standard InChI is InChI=1S/C26H29NO3/c1-16(2)19-10-8-18(9-11-19)13-23-25(28)24-17(3)12-22-21(26(24)30-23)14-27(15-29-22)20-6-4-5-7-20/h8-13,16,20H,4-7,14-15H2,1-3H3/b23-13-. The topological polar surface area (TPSA) is 38.8 Å². The molecule has 2 aliphatic heterocycles. The number of hydrogen-bond donors (Lipinski definition) is 0. The highest BCUT2D eigenvalue weighted by molar-refractivity contribution is 6.15. The maximum Gasteiger partial charge on any atom is 0.232 e. The molecule has 0 aromatic heterocycles. The number of carbonyl (C=O) groups excluding carboxylic acids is 1. The summed E-state index contributed by atoms with van der Waals surface area (Å²) >= 11 is 0. The van der Waals surface area contributed by atoms with E-state index in [2.05, 4.69) is 43.0 Å². The van der Waals surface area contributed by atoms with E-state index < -0.39 is 0 Å². The molecule has 1 fully saturated rings. The van der Waals surface area contributed by atoms with Gasteiger partial charge in [0.15, 0.2) is 5.76 Å². The van der Waals surface area contributed by atoms with E-state index in [1.54, 1.807) is 0 Å². The summed E-state index contributed by atoms with van der Waals surface area (Å²) in [6.45, 7) is 7.72. The fourth-order valence-electron chi connectivity index (χ4n) is 4.88. The highest BCUT2D eigenvalue weighted by Gasteiger charge is 2.36. The van der Waals surface area contributed by atoms with E-state index in [9.17, 15) is 4.79 Å². The summed E-state index contributed by atoms with van der Waals surface area (Å²) in [7, 11) is 0. The lowest BCUT2D eigenvalue weighted by atomic mass is 9.98. The van der Waals surface area contributed by atoms with Gasteiger partial charge in [-0.1, -0.05) is 51.0 Å². The van der Waals surface area contributed by atoms with Gasteiger partial charge in [-0.2, -0.15) is 0 Å². The van der Waals surface area contributed by atoms with Gasteiger partial charge in [0.2, 0.25) is 5.78 Å². The lowest BCUT2D eigenvalue weighted by Crippen LogP contribution is -2.39. The number of Topliss-reactive ketones (excluding diaryl/α,β-unsaturated/α-hetero) is 1. The molecule has 2 aromatic rings. The van der Waals surface area contributed by atoms with E-state index >= 15 is 0 Å². The molecule has 2 heterocycles. The Kier molecular flexibility index (Phi) is 4.90. The van der Waals surface area contributed by atoms with Gasteiger partial charge >= 0.3 is 0 Å². The Morgan fingerprint density at radius 2 is 1.87 bits per heavy atom. The molecule has 0 atom stereocenters. The second kappa shape index (κ2) is 7.59. The van der Waals surface area contributed by atoms with Crippen LogP contribution in [0.15, 0.2) is 36.1 Å². The SMILES string of the molecule is Cc1cc2c(c3c1C(=O)/C(=C/c1ccc(C(C)C)cc1)O3)CN(C1CCCC1)CO2. The molecule has 0 saturated heterocycles. The minimum atomic E-state index is -0.0313. The average Bonchev–Trinajstić information content (AvgIpc) is 3.38. The first kappa shape index (κ1) is 19.4. The lowest BCUT2D eigenvalue weighted by molar-refractivity contribution is 0.0567. The van der Waals surface area contributed by atoms with E-state index in [-0.39, 0.29) is 5.78 Å². The normalized spacial score (nSPS) is 20.4. The Bertz CT molecular complexity index is 1010. The van der Waals surface area contributed by atoms with Gasteiger partial charge in [0.25, 0.3) is 0 Å². The van der Waals surface area contributed by atoms with Crippen molar-refractivity contribution in [1.82, 2.24) is 4.90 Å². The molecule has 0 spiro atoms. The Morgan fingerprint density at radius 3 is 2.57 bits per heavy atom. The second-order valence-electron chi connectivity index (χ2n) is 9.09. The number of ketones is 1. The Labute approximate surface area is 178 Å². The van der Waals surface area contributed by atoms with Crippen LogP contribution in [0.1, 0.15) is 78.1 Å². The van der Waals surface area contributed by atoms with Crippen molar-refractivity contribution in [2.24, 2.45) is 0 Å². The third-order valence-corrected chi connectivity index (χ3v) is 6.69. The van der Waals surface area contributed by atoms with Crippen LogP contribution in [0.25, 0.3) is 6.08 Å². The molecule has 4 heteroatoms. The van der Waals surface area contributed by atoms with Gasteiger partial charge in [-0.25, -0.2) is 0 Å². The van der Waals surface area contributed by atoms with Crippen molar-refractivity contribution in [2.45, 2.75) is 65.0 Å². The minimum absolute atomic E-state index is 0.0313. The number of carbonyl (C=O) groups is 1. The molecule has 0 amide bonds. The third kappa shape index (κ3) is 3.33. The van der Waals surface area contributed by atoms with Crippen molar-refractivity contribution in [3.63, 3.8) is 0 Å². The molecule has 4 nitrogen and oxygen atoms in total. The number of aryl methyl sites for hydroxylation is 1. The van der Waals surface area contributed by atoms with Gasteiger partial charge in [0.1, 0.15) is 18.2 Å². The van der Waals surface area contributed by atoms with Gasteiger partial charge in [-0.15, -0.1) is 0 Å². The quantitative estimate of drug-likeness (QED) is 0.605. The zero-order chi connectivity index (χ0) is 20.8. The first-order valence-corrected chi connectivity index (χ1v) is 11.1. The van der Waals surface area contributed by atoms with Crippen LogP contribution in [-0.4, -0.2) is 23.5 Å². The molecule has 0 unspecified atom stereocenters. The maximum absolute atomic E-state index is 13.2. The van der Waals surface area contributed by atoms with Crippen molar-refractivity contribution >= 4 is 11.9 Å². The molecule has 0 radical (unpaired) electrons. The van der Waals surface area contributed by atoms with Gasteiger partial charge in [0, 0.05) is 12.6 Å². The fraction of sp³-hybridized carbons (Fsp3) is 0.423. The van der Waals surface area contributed by atoms with E-state index in [0.29, 0.717) is 35.8 Å². The number of allylic oxidation sites excluding steroid dienone is 1. The monoisotopic (exact) mass is 403 g/mol. The van der Waals surface area contributed by atoms with E-state index in [1.165, 1.54) is 31.2 Å². The van der Waals surface area contributed by atoms with Gasteiger partial charge in [0.05, 0.1) is 11.1 Å². The molecule has 0 N–H and O–H groups in total. The fourth-order valence-corrected chi connectivity index (χ4v) is 4.88. The lowest BCUT2D eigenvalue weighted by Gasteiger charge is -2.34. The Balaban J connectivity index is 1.47. The zero-order valence-corrected chi connectivity index (χ0v) is 18.0. The van der Waals surface area contributed by atoms with Crippen LogP contribution >= 0.6 is 0 Å². The number of fused-ring (bicyclic) bond motifs is 3. The Morgan fingerprint density at radius 1 is 1.13 bits per heavy atom. The maximum atomic E-state index is 13.2. The van der Waals surface area contributed by atoms with Gasteiger partial charge in [-0.05, 0) is 54.5 Å². The molecular formula is C26H29NO3. The second-order valence-corrected chi connectivity index (χ2v) is 9.09. The number of ether oxygens (including phenoxy) is 2. The number of hydrogen-bond acceptors (Lipinski definition) is 4. The first-order valence-electron chi connectivity index (χ1n) is 11.1. The molecule has 156 valence electrons. The van der Waals surface area contributed by atoms with Gasteiger partial charge < -0.3 is 9.47 Å². The molecular weight excluding hydrogens is 374 g/mol. The van der Waals surface area contributed by atoms with E-state index in [0.717, 1.165) is 29.0 Å². The van der Waals surface area contributed by atoms with E-state index in [1.807, 2.05) is 19.1 Å². The summed E-state index contributed by atoms with van der Waals surface area (Å²) in [6.07, 6.45) is 6.89. The van der Waals surface area contributed by atoms with Crippen LogP contribution in [0.2, 0.25) is 0 Å². The van der Waals surface area contributed by atoms with Crippen LogP contribution in [0.3, 0.4) is 0 Å². The number of rotatable bonds is 3. The largest absolute Gasteiger partial charge is 0.478 e. The molecule has 2 aromatic carbocycles. The summed E-state index contributed by atoms with van der Waals surface area (Å²) < 4.78 is 12.3. The summed E-state index contributed by atoms with van der Waals surface area (Å²) in [5.74, 6) is 2.41. The van der Waals surface area contributed by atoms with Crippen LogP contribution in [-0.2, 0) is 6.54 Å².